The monoisotopic (exact) mass is 245 g/mol. The smallest absolute Gasteiger partial charge is 0.0666 e. The molecule has 2 aliphatic rings. The van der Waals surface area contributed by atoms with Crippen LogP contribution in [-0.4, -0.2) is 10.7 Å². The van der Waals surface area contributed by atoms with Crippen molar-refractivity contribution in [3.63, 3.8) is 0 Å². The maximum atomic E-state index is 4.41. The standard InChI is InChI=1S/C15H19NS/c1-11(10-17)14-8-13(4-7-16-14)15-5-2-12(9-15)3-6-15/h4,7-8,12,17H,1-3,5-6,9-10H2. The lowest BCUT2D eigenvalue weighted by Crippen LogP contribution is -2.19. The lowest BCUT2D eigenvalue weighted by molar-refractivity contribution is 0.418. The summed E-state index contributed by atoms with van der Waals surface area (Å²) in [6, 6.07) is 4.47. The zero-order chi connectivity index (χ0) is 11.9. The van der Waals surface area contributed by atoms with Gasteiger partial charge in [-0.2, -0.15) is 12.6 Å². The first kappa shape index (κ1) is 11.3. The van der Waals surface area contributed by atoms with E-state index in [9.17, 15) is 0 Å². The van der Waals surface area contributed by atoms with Crippen LogP contribution in [0.5, 0.6) is 0 Å². The van der Waals surface area contributed by atoms with Gasteiger partial charge in [-0.15, -0.1) is 0 Å². The molecule has 2 saturated carbocycles. The van der Waals surface area contributed by atoms with Gasteiger partial charge in [0.1, 0.15) is 0 Å². The largest absolute Gasteiger partial charge is 0.257 e. The quantitative estimate of drug-likeness (QED) is 0.798. The molecule has 3 rings (SSSR count). The van der Waals surface area contributed by atoms with Crippen molar-refractivity contribution in [1.82, 2.24) is 4.98 Å². The van der Waals surface area contributed by atoms with Crippen molar-refractivity contribution in [2.75, 3.05) is 5.75 Å². The number of aromatic nitrogens is 1. The summed E-state index contributed by atoms with van der Waals surface area (Å²) in [6.45, 7) is 4.03. The molecule has 1 nitrogen and oxygen atoms in total. The van der Waals surface area contributed by atoms with Crippen LogP contribution >= 0.6 is 12.6 Å². The summed E-state index contributed by atoms with van der Waals surface area (Å²) in [7, 11) is 0. The molecule has 0 aliphatic heterocycles. The van der Waals surface area contributed by atoms with Gasteiger partial charge >= 0.3 is 0 Å². The highest BCUT2D eigenvalue weighted by Gasteiger charge is 2.45. The highest BCUT2D eigenvalue weighted by molar-refractivity contribution is 7.80. The van der Waals surface area contributed by atoms with E-state index in [1.54, 1.807) is 0 Å². The third kappa shape index (κ3) is 1.83. The molecule has 0 atom stereocenters. The molecular formula is C15H19NS. The fraction of sp³-hybridized carbons (Fsp3) is 0.533. The molecule has 0 amide bonds. The lowest BCUT2D eigenvalue weighted by Gasteiger charge is -2.27. The molecule has 2 fully saturated rings. The van der Waals surface area contributed by atoms with Crippen LogP contribution in [0.3, 0.4) is 0 Å². The Morgan fingerprint density at radius 2 is 2.24 bits per heavy atom. The predicted molar refractivity (Wildman–Crippen MR) is 75.4 cm³/mol. The number of hydrogen-bond donors (Lipinski definition) is 1. The van der Waals surface area contributed by atoms with Crippen molar-refractivity contribution in [1.29, 1.82) is 0 Å². The molecular weight excluding hydrogens is 226 g/mol. The Morgan fingerprint density at radius 1 is 1.47 bits per heavy atom. The van der Waals surface area contributed by atoms with Crippen LogP contribution in [0.2, 0.25) is 0 Å². The van der Waals surface area contributed by atoms with Crippen LogP contribution in [0.4, 0.5) is 0 Å². The van der Waals surface area contributed by atoms with Crippen molar-refractivity contribution < 1.29 is 0 Å². The van der Waals surface area contributed by atoms with Gasteiger partial charge in [0, 0.05) is 11.9 Å². The van der Waals surface area contributed by atoms with E-state index >= 15 is 0 Å². The van der Waals surface area contributed by atoms with Crippen molar-refractivity contribution >= 4 is 18.2 Å². The Bertz CT molecular complexity index is 444. The Morgan fingerprint density at radius 3 is 2.82 bits per heavy atom. The van der Waals surface area contributed by atoms with E-state index in [1.807, 2.05) is 6.20 Å². The Kier molecular flexibility index (Phi) is 2.78. The summed E-state index contributed by atoms with van der Waals surface area (Å²) < 4.78 is 0. The van der Waals surface area contributed by atoms with Gasteiger partial charge in [-0.05, 0) is 66.7 Å². The molecule has 1 aromatic rings. The van der Waals surface area contributed by atoms with Crippen LogP contribution < -0.4 is 0 Å². The second-order valence-electron chi connectivity index (χ2n) is 5.62. The lowest BCUT2D eigenvalue weighted by atomic mass is 9.78. The average molecular weight is 245 g/mol. The van der Waals surface area contributed by atoms with Gasteiger partial charge in [0.15, 0.2) is 0 Å². The topological polar surface area (TPSA) is 12.9 Å². The zero-order valence-electron chi connectivity index (χ0n) is 10.2. The van der Waals surface area contributed by atoms with Crippen LogP contribution in [-0.2, 0) is 5.41 Å². The number of rotatable bonds is 3. The SMILES string of the molecule is C=C(CS)c1cc(C23CCC(CC2)C3)ccn1. The van der Waals surface area contributed by atoms with Gasteiger partial charge in [0.2, 0.25) is 0 Å². The highest BCUT2D eigenvalue weighted by Crippen LogP contribution is 2.55. The first-order valence-corrected chi connectivity index (χ1v) is 7.12. The van der Waals surface area contributed by atoms with Gasteiger partial charge in [-0.3, -0.25) is 4.98 Å². The van der Waals surface area contributed by atoms with E-state index in [4.69, 9.17) is 0 Å². The van der Waals surface area contributed by atoms with Gasteiger partial charge in [-0.1, -0.05) is 6.58 Å². The third-order valence-corrected chi connectivity index (χ3v) is 5.05. The molecule has 0 spiro atoms. The molecule has 0 unspecified atom stereocenters. The highest BCUT2D eigenvalue weighted by atomic mass is 32.1. The molecule has 0 saturated heterocycles. The molecule has 2 bridgehead atoms. The minimum absolute atomic E-state index is 0.471. The van der Waals surface area contributed by atoms with Crippen LogP contribution in [0, 0.1) is 5.92 Å². The summed E-state index contributed by atoms with van der Waals surface area (Å²) in [6.07, 6.45) is 8.92. The molecule has 1 heterocycles. The molecule has 2 heteroatoms. The number of thiol groups is 1. The Hall–Kier alpha value is -0.760. The number of fused-ring (bicyclic) bond motifs is 2. The fourth-order valence-corrected chi connectivity index (χ4v) is 3.79. The maximum absolute atomic E-state index is 4.41. The van der Waals surface area contributed by atoms with Gasteiger partial charge in [0.25, 0.3) is 0 Å². The summed E-state index contributed by atoms with van der Waals surface area (Å²) >= 11 is 4.28. The van der Waals surface area contributed by atoms with Crippen molar-refractivity contribution in [3.8, 4) is 0 Å². The molecule has 0 aromatic carbocycles. The predicted octanol–water partition coefficient (Wildman–Crippen LogP) is 3.86. The Labute approximate surface area is 109 Å². The van der Waals surface area contributed by atoms with E-state index < -0.39 is 0 Å². The third-order valence-electron chi connectivity index (χ3n) is 4.67. The molecule has 90 valence electrons. The fourth-order valence-electron chi connectivity index (χ4n) is 3.63. The van der Waals surface area contributed by atoms with Crippen molar-refractivity contribution in [2.24, 2.45) is 5.92 Å². The normalized spacial score (nSPS) is 30.8. The zero-order valence-corrected chi connectivity index (χ0v) is 11.0. The summed E-state index contributed by atoms with van der Waals surface area (Å²) in [5.74, 6) is 1.67. The second kappa shape index (κ2) is 4.16. The van der Waals surface area contributed by atoms with E-state index in [1.165, 1.54) is 37.7 Å². The van der Waals surface area contributed by atoms with Crippen molar-refractivity contribution in [2.45, 2.75) is 37.5 Å². The van der Waals surface area contributed by atoms with Crippen LogP contribution in [0.1, 0.15) is 43.4 Å². The minimum atomic E-state index is 0.471. The van der Waals surface area contributed by atoms with E-state index in [-0.39, 0.29) is 0 Å². The minimum Gasteiger partial charge on any atom is -0.257 e. The van der Waals surface area contributed by atoms with Gasteiger partial charge in [-0.25, -0.2) is 0 Å². The van der Waals surface area contributed by atoms with E-state index in [2.05, 4.69) is 36.3 Å². The van der Waals surface area contributed by atoms with Gasteiger partial charge in [0.05, 0.1) is 5.69 Å². The Balaban J connectivity index is 1.96. The number of pyridine rings is 1. The second-order valence-corrected chi connectivity index (χ2v) is 5.94. The first-order valence-electron chi connectivity index (χ1n) is 6.49. The van der Waals surface area contributed by atoms with Gasteiger partial charge < -0.3 is 0 Å². The van der Waals surface area contributed by atoms with E-state index in [0.717, 1.165) is 17.2 Å². The van der Waals surface area contributed by atoms with Crippen LogP contribution in [0.25, 0.3) is 5.57 Å². The molecule has 0 N–H and O–H groups in total. The summed E-state index contributed by atoms with van der Waals surface area (Å²) in [4.78, 5) is 4.41. The first-order chi connectivity index (χ1) is 8.23. The summed E-state index contributed by atoms with van der Waals surface area (Å²) in [5, 5.41) is 0. The number of nitrogens with zero attached hydrogens (tertiary/aromatic N) is 1. The molecule has 1 aromatic heterocycles. The van der Waals surface area contributed by atoms with Crippen molar-refractivity contribution in [3.05, 3.63) is 36.2 Å². The van der Waals surface area contributed by atoms with E-state index in [0.29, 0.717) is 11.2 Å². The maximum Gasteiger partial charge on any atom is 0.0666 e. The molecule has 0 radical (unpaired) electrons. The average Bonchev–Trinajstić information content (AvgIpc) is 2.99. The summed E-state index contributed by atoms with van der Waals surface area (Å²) in [5.41, 5.74) is 4.02. The molecule has 2 aliphatic carbocycles. The molecule has 17 heavy (non-hydrogen) atoms. The van der Waals surface area contributed by atoms with Crippen LogP contribution in [0.15, 0.2) is 24.9 Å². The number of hydrogen-bond acceptors (Lipinski definition) is 2.